The van der Waals surface area contributed by atoms with Crippen LogP contribution >= 0.6 is 0 Å². The molecule has 0 bridgehead atoms. The van der Waals surface area contributed by atoms with E-state index < -0.39 is 21.7 Å². The Labute approximate surface area is 213 Å². The topological polar surface area (TPSA) is 155 Å². The summed E-state index contributed by atoms with van der Waals surface area (Å²) in [7, 11) is -3.46. The predicted octanol–water partition coefficient (Wildman–Crippen LogP) is 3.35. The molecule has 1 aromatic carbocycles. The zero-order valence-electron chi connectivity index (χ0n) is 19.6. The van der Waals surface area contributed by atoms with Crippen LogP contribution in [0.25, 0.3) is 56.0 Å². The summed E-state index contributed by atoms with van der Waals surface area (Å²) in [5.74, 6) is -0.927. The quantitative estimate of drug-likeness (QED) is 0.294. The van der Waals surface area contributed by atoms with E-state index in [1.807, 2.05) is 0 Å². The second-order valence-corrected chi connectivity index (χ2v) is 10.3. The number of pyridine rings is 2. The molecule has 0 radical (unpaired) electrons. The molecule has 0 atom stereocenters. The van der Waals surface area contributed by atoms with Gasteiger partial charge in [0.25, 0.3) is 0 Å². The summed E-state index contributed by atoms with van der Waals surface area (Å²) in [5, 5.41) is 7.19. The van der Waals surface area contributed by atoms with E-state index in [4.69, 9.17) is 0 Å². The van der Waals surface area contributed by atoms with E-state index in [1.54, 1.807) is 12.1 Å². The Kier molecular flexibility index (Phi) is 5.61. The second kappa shape index (κ2) is 9.00. The fourth-order valence-electron chi connectivity index (χ4n) is 4.15. The molecule has 5 heterocycles. The van der Waals surface area contributed by atoms with Crippen LogP contribution in [0.5, 0.6) is 0 Å². The summed E-state index contributed by atoms with van der Waals surface area (Å²) in [6.45, 7) is -0.0784. The lowest BCUT2D eigenvalue weighted by Gasteiger charge is -2.07. The van der Waals surface area contributed by atoms with Gasteiger partial charge in [-0.2, -0.15) is 5.10 Å². The van der Waals surface area contributed by atoms with Crippen molar-refractivity contribution in [3.05, 3.63) is 72.6 Å². The van der Waals surface area contributed by atoms with Gasteiger partial charge in [-0.1, -0.05) is 0 Å². The normalized spacial score (nSPS) is 12.0. The largest absolute Gasteiger partial charge is 0.321 e. The van der Waals surface area contributed by atoms with Gasteiger partial charge >= 0.3 is 0 Å². The lowest BCUT2D eigenvalue weighted by Crippen LogP contribution is -2.21. The molecule has 11 nitrogen and oxygen atoms in total. The van der Waals surface area contributed by atoms with Crippen molar-refractivity contribution in [2.45, 2.75) is 6.54 Å². The van der Waals surface area contributed by atoms with Crippen LogP contribution in [0, 0.1) is 11.6 Å². The summed E-state index contributed by atoms with van der Waals surface area (Å²) < 4.78 is 55.4. The summed E-state index contributed by atoms with van der Waals surface area (Å²) >= 11 is 0. The first-order chi connectivity index (χ1) is 18.3. The molecule has 6 rings (SSSR count). The maximum absolute atomic E-state index is 15.7. The number of nitrogens with one attached hydrogen (secondary N) is 3. The molecule has 0 aliphatic rings. The number of rotatable bonds is 6. The molecule has 0 saturated carbocycles. The Balaban J connectivity index is 1.46. The number of aromatic nitrogens is 8. The first-order valence-corrected chi connectivity index (χ1v) is 13.0. The Hall–Kier alpha value is -4.69. The number of benzene rings is 1. The number of sulfonamides is 1. The maximum Gasteiger partial charge on any atom is 0.209 e. The van der Waals surface area contributed by atoms with Crippen LogP contribution in [0.3, 0.4) is 0 Å². The lowest BCUT2D eigenvalue weighted by molar-refractivity contribution is 0.586. The number of H-pyrrole nitrogens is 2. The highest BCUT2D eigenvalue weighted by Gasteiger charge is 2.21. The van der Waals surface area contributed by atoms with Crippen LogP contribution in [0.1, 0.15) is 5.56 Å². The monoisotopic (exact) mass is 533 g/mol. The Morgan fingerprint density at radius 2 is 1.82 bits per heavy atom. The minimum Gasteiger partial charge on any atom is -0.321 e. The average molecular weight is 534 g/mol. The number of hydrogen-bond donors (Lipinski definition) is 3. The third-order valence-corrected chi connectivity index (χ3v) is 6.46. The third-order valence-electron chi connectivity index (χ3n) is 5.79. The van der Waals surface area contributed by atoms with Crippen molar-refractivity contribution in [3.8, 4) is 33.9 Å². The first kappa shape index (κ1) is 23.7. The van der Waals surface area contributed by atoms with Gasteiger partial charge in [0.15, 0.2) is 17.3 Å². The van der Waals surface area contributed by atoms with Gasteiger partial charge in [-0.15, -0.1) is 0 Å². The molecule has 38 heavy (non-hydrogen) atoms. The zero-order chi connectivity index (χ0) is 26.4. The fourth-order valence-corrected chi connectivity index (χ4v) is 4.58. The van der Waals surface area contributed by atoms with E-state index in [9.17, 15) is 12.8 Å². The van der Waals surface area contributed by atoms with E-state index in [1.165, 1.54) is 43.2 Å². The molecule has 0 fully saturated rings. The van der Waals surface area contributed by atoms with Crippen LogP contribution in [-0.2, 0) is 16.6 Å². The molecule has 6 aromatic rings. The van der Waals surface area contributed by atoms with Crippen LogP contribution in [0.2, 0.25) is 0 Å². The third kappa shape index (κ3) is 4.35. The molecule has 0 unspecified atom stereocenters. The van der Waals surface area contributed by atoms with Crippen molar-refractivity contribution >= 4 is 32.1 Å². The number of imidazole rings is 1. The van der Waals surface area contributed by atoms with E-state index in [2.05, 4.69) is 44.8 Å². The average Bonchev–Trinajstić information content (AvgIpc) is 3.52. The molecule has 0 spiro atoms. The van der Waals surface area contributed by atoms with Gasteiger partial charge < -0.3 is 4.98 Å². The standard InChI is InChI=1S/C24H17F2N9O2S/c1-38(36,37)31-7-12-4-13(6-15(25)5-12)16-2-3-29-23-21(16)32-24(33-23)22-18-17(34-35-22)10-30-20(19(18)26)14-8-27-11-28-9-14/h2-6,8-11,31H,7H2,1H3,(H,34,35)(H,29,32,33). The Morgan fingerprint density at radius 3 is 2.61 bits per heavy atom. The van der Waals surface area contributed by atoms with Crippen molar-refractivity contribution in [2.24, 2.45) is 0 Å². The van der Waals surface area contributed by atoms with Crippen LogP contribution in [-0.4, -0.2) is 54.8 Å². The summed E-state index contributed by atoms with van der Waals surface area (Å²) in [5.41, 5.74) is 3.24. The predicted molar refractivity (Wildman–Crippen MR) is 135 cm³/mol. The zero-order valence-corrected chi connectivity index (χ0v) is 20.4. The molecule has 14 heteroatoms. The Bertz CT molecular complexity index is 1940. The molecule has 0 saturated heterocycles. The van der Waals surface area contributed by atoms with Crippen LogP contribution in [0.4, 0.5) is 8.78 Å². The Morgan fingerprint density at radius 1 is 1.00 bits per heavy atom. The molecule has 3 N–H and O–H groups in total. The molecular weight excluding hydrogens is 516 g/mol. The smallest absolute Gasteiger partial charge is 0.209 e. The minimum absolute atomic E-state index is 0.0608. The van der Waals surface area contributed by atoms with E-state index in [-0.39, 0.29) is 29.1 Å². The van der Waals surface area contributed by atoms with Crippen molar-refractivity contribution in [1.82, 2.24) is 44.8 Å². The van der Waals surface area contributed by atoms with Gasteiger partial charge in [0, 0.05) is 36.3 Å². The SMILES string of the molecule is CS(=O)(=O)NCc1cc(F)cc(-c2ccnc3[nH]c(-c4n[nH]c5cnc(-c6cncnc6)c(F)c45)nc23)c1. The maximum atomic E-state index is 15.7. The summed E-state index contributed by atoms with van der Waals surface area (Å²) in [6, 6.07) is 5.89. The van der Waals surface area contributed by atoms with Gasteiger partial charge in [0.05, 0.1) is 23.4 Å². The van der Waals surface area contributed by atoms with Crippen LogP contribution < -0.4 is 4.72 Å². The molecule has 190 valence electrons. The highest BCUT2D eigenvalue weighted by atomic mass is 32.2. The second-order valence-electron chi connectivity index (χ2n) is 8.49. The first-order valence-electron chi connectivity index (χ1n) is 11.1. The molecule has 0 aliphatic heterocycles. The highest BCUT2D eigenvalue weighted by Crippen LogP contribution is 2.34. The number of hydrogen-bond acceptors (Lipinski definition) is 8. The van der Waals surface area contributed by atoms with Crippen molar-refractivity contribution in [3.63, 3.8) is 0 Å². The van der Waals surface area contributed by atoms with Gasteiger partial charge in [-0.3, -0.25) is 10.1 Å². The summed E-state index contributed by atoms with van der Waals surface area (Å²) in [4.78, 5) is 24.0. The van der Waals surface area contributed by atoms with Gasteiger partial charge in [-0.25, -0.2) is 41.9 Å². The molecule has 0 aliphatic carbocycles. The number of nitrogens with zero attached hydrogens (tertiary/aromatic N) is 6. The van der Waals surface area contributed by atoms with Gasteiger partial charge in [0.2, 0.25) is 10.0 Å². The molecular formula is C24H17F2N9O2S. The van der Waals surface area contributed by atoms with E-state index in [0.717, 1.165) is 6.26 Å². The number of aromatic amines is 2. The minimum atomic E-state index is -3.46. The number of fused-ring (bicyclic) bond motifs is 2. The highest BCUT2D eigenvalue weighted by molar-refractivity contribution is 7.88. The van der Waals surface area contributed by atoms with Crippen molar-refractivity contribution in [1.29, 1.82) is 0 Å². The molecule has 0 amide bonds. The van der Waals surface area contributed by atoms with Crippen LogP contribution in [0.15, 0.2) is 55.4 Å². The lowest BCUT2D eigenvalue weighted by atomic mass is 10.0. The summed E-state index contributed by atoms with van der Waals surface area (Å²) in [6.07, 6.45) is 8.27. The van der Waals surface area contributed by atoms with E-state index in [0.29, 0.717) is 38.9 Å². The molecule has 5 aromatic heterocycles. The van der Waals surface area contributed by atoms with E-state index >= 15 is 4.39 Å². The number of halogens is 2. The van der Waals surface area contributed by atoms with Crippen molar-refractivity contribution in [2.75, 3.05) is 6.26 Å². The van der Waals surface area contributed by atoms with Gasteiger partial charge in [-0.05, 0) is 35.4 Å². The fraction of sp³-hybridized carbons (Fsp3) is 0.0833. The van der Waals surface area contributed by atoms with Crippen molar-refractivity contribution < 1.29 is 17.2 Å². The van der Waals surface area contributed by atoms with Gasteiger partial charge in [0.1, 0.15) is 29.0 Å².